The molecule has 38 heavy (non-hydrogen) atoms. The lowest BCUT2D eigenvalue weighted by Crippen LogP contribution is -3.11. The highest BCUT2D eigenvalue weighted by molar-refractivity contribution is 7.89. The van der Waals surface area contributed by atoms with E-state index in [4.69, 9.17) is 4.74 Å². The van der Waals surface area contributed by atoms with Crippen LogP contribution in [0.3, 0.4) is 0 Å². The van der Waals surface area contributed by atoms with Gasteiger partial charge in [0.25, 0.3) is 5.91 Å². The second kappa shape index (κ2) is 9.73. The van der Waals surface area contributed by atoms with E-state index in [-0.39, 0.29) is 27.7 Å². The second-order valence-electron chi connectivity index (χ2n) is 12.2. The third-order valence-corrected chi connectivity index (χ3v) is 11.5. The summed E-state index contributed by atoms with van der Waals surface area (Å²) in [6.45, 7) is 12.0. The molecule has 1 aromatic carbocycles. The first kappa shape index (κ1) is 27.3. The molecule has 1 aliphatic carbocycles. The van der Waals surface area contributed by atoms with E-state index in [2.05, 4.69) is 33.0 Å². The fraction of sp³-hybridized carbons (Fsp3) is 0.571. The number of nitrogens with zero attached hydrogens (tertiary/aromatic N) is 1. The van der Waals surface area contributed by atoms with Crippen molar-refractivity contribution in [1.29, 1.82) is 0 Å². The Balaban J connectivity index is 1.36. The molecule has 1 saturated carbocycles. The average Bonchev–Trinajstić information content (AvgIpc) is 3.35. The minimum Gasteiger partial charge on any atom is -0.465 e. The fourth-order valence-electron chi connectivity index (χ4n) is 7.02. The molecule has 8 nitrogen and oxygen atoms in total. The summed E-state index contributed by atoms with van der Waals surface area (Å²) in [7, 11) is -2.33. The quantitative estimate of drug-likeness (QED) is 0.529. The van der Waals surface area contributed by atoms with Crippen LogP contribution in [0.5, 0.6) is 0 Å². The first-order valence-corrected chi connectivity index (χ1v) is 15.6. The molecule has 2 aliphatic heterocycles. The maximum absolute atomic E-state index is 13.6. The molecular formula is C28H38N3O5S2+. The van der Waals surface area contributed by atoms with Gasteiger partial charge in [-0.2, -0.15) is 4.31 Å². The van der Waals surface area contributed by atoms with E-state index in [1.54, 1.807) is 16.4 Å². The van der Waals surface area contributed by atoms with Crippen LogP contribution < -0.4 is 10.2 Å². The van der Waals surface area contributed by atoms with E-state index in [1.807, 2.05) is 0 Å². The van der Waals surface area contributed by atoms with Crippen molar-refractivity contribution in [2.75, 3.05) is 32.1 Å². The van der Waals surface area contributed by atoms with Crippen molar-refractivity contribution in [3.05, 3.63) is 45.8 Å². The number of hydrogen-bond acceptors (Lipinski definition) is 6. The van der Waals surface area contributed by atoms with Crippen LogP contribution in [0.25, 0.3) is 0 Å². The molecule has 1 amide bonds. The number of fused-ring (bicyclic) bond motifs is 3. The topological polar surface area (TPSA) is 97.2 Å². The third kappa shape index (κ3) is 4.92. The SMILES string of the molecule is CC[NH+]1CCc2c(sc(NC(=O)c3ccc(S(=O)(=O)N4C[C@]5(C)CC4CC(C)(C)C5)cc3)c2C(=O)OC)C1. The molecule has 2 bridgehead atoms. The Morgan fingerprint density at radius 1 is 1.18 bits per heavy atom. The van der Waals surface area contributed by atoms with Gasteiger partial charge < -0.3 is 15.0 Å². The largest absolute Gasteiger partial charge is 0.465 e. The highest BCUT2D eigenvalue weighted by atomic mass is 32.2. The lowest BCUT2D eigenvalue weighted by atomic mass is 9.65. The number of sulfonamides is 1. The summed E-state index contributed by atoms with van der Waals surface area (Å²) in [5, 5.41) is 3.39. The molecule has 2 N–H and O–H groups in total. The van der Waals surface area contributed by atoms with Crippen LogP contribution in [0.2, 0.25) is 0 Å². The number of quaternary nitrogens is 1. The van der Waals surface area contributed by atoms with Crippen molar-refractivity contribution in [3.63, 3.8) is 0 Å². The van der Waals surface area contributed by atoms with Gasteiger partial charge in [-0.1, -0.05) is 20.8 Å². The number of likely N-dealkylation sites (N-methyl/N-ethyl adjacent to an activating group) is 1. The second-order valence-corrected chi connectivity index (χ2v) is 15.2. The van der Waals surface area contributed by atoms with Crippen LogP contribution in [-0.4, -0.2) is 57.4 Å². The Morgan fingerprint density at radius 3 is 2.55 bits per heavy atom. The van der Waals surface area contributed by atoms with Crippen molar-refractivity contribution in [2.45, 2.75) is 70.9 Å². The summed E-state index contributed by atoms with van der Waals surface area (Å²) in [4.78, 5) is 28.5. The lowest BCUT2D eigenvalue weighted by molar-refractivity contribution is -0.913. The molecule has 2 aromatic rings. The van der Waals surface area contributed by atoms with Crippen molar-refractivity contribution in [1.82, 2.24) is 4.31 Å². The van der Waals surface area contributed by atoms with E-state index in [1.165, 1.54) is 35.5 Å². The first-order chi connectivity index (χ1) is 17.9. The number of anilines is 1. The van der Waals surface area contributed by atoms with Crippen molar-refractivity contribution < 1.29 is 27.6 Å². The highest BCUT2D eigenvalue weighted by Gasteiger charge is 2.53. The minimum absolute atomic E-state index is 0.00352. The molecule has 2 fully saturated rings. The number of ether oxygens (including phenoxy) is 1. The smallest absolute Gasteiger partial charge is 0.341 e. The standard InChI is InChI=1S/C28H37N3O5S2/c1-6-30-12-11-21-22(15-30)37-25(23(21)26(33)36-5)29-24(32)18-7-9-20(10-8-18)38(34,35)31-17-28(4)14-19(31)13-27(2,3)16-28/h7-10,19H,6,11-17H2,1-5H3,(H,29,32)/p+1/t19?,28-/m1/s1. The van der Waals surface area contributed by atoms with Crippen LogP contribution in [0.1, 0.15) is 78.1 Å². The predicted molar refractivity (Wildman–Crippen MR) is 147 cm³/mol. The highest BCUT2D eigenvalue weighted by Crippen LogP contribution is 2.53. The molecule has 0 radical (unpaired) electrons. The summed E-state index contributed by atoms with van der Waals surface area (Å²) in [6.07, 6.45) is 3.52. The molecule has 10 heteroatoms. The number of thiophene rings is 1. The van der Waals surface area contributed by atoms with Crippen LogP contribution in [0, 0.1) is 10.8 Å². The van der Waals surface area contributed by atoms with Gasteiger partial charge in [0.15, 0.2) is 0 Å². The van der Waals surface area contributed by atoms with Gasteiger partial charge in [-0.3, -0.25) is 4.79 Å². The van der Waals surface area contributed by atoms with Crippen LogP contribution in [0.4, 0.5) is 5.00 Å². The molecule has 3 heterocycles. The zero-order valence-electron chi connectivity index (χ0n) is 22.8. The number of nitrogens with one attached hydrogen (secondary N) is 2. The number of rotatable bonds is 6. The van der Waals surface area contributed by atoms with E-state index in [0.717, 1.165) is 55.8 Å². The number of carbonyl (C=O) groups is 2. The lowest BCUT2D eigenvalue weighted by Gasteiger charge is -2.39. The van der Waals surface area contributed by atoms with Gasteiger partial charge in [0, 0.05) is 24.6 Å². The molecule has 1 aromatic heterocycles. The van der Waals surface area contributed by atoms with Gasteiger partial charge in [0.05, 0.1) is 35.5 Å². The number of benzene rings is 1. The van der Waals surface area contributed by atoms with Crippen LogP contribution in [0.15, 0.2) is 29.2 Å². The maximum Gasteiger partial charge on any atom is 0.341 e. The minimum atomic E-state index is -3.67. The maximum atomic E-state index is 13.6. The van der Waals surface area contributed by atoms with E-state index in [0.29, 0.717) is 22.7 Å². The van der Waals surface area contributed by atoms with Gasteiger partial charge >= 0.3 is 5.97 Å². The average molecular weight is 561 g/mol. The molecule has 5 rings (SSSR count). The summed E-state index contributed by atoms with van der Waals surface area (Å²) in [5.41, 5.74) is 1.84. The zero-order chi connectivity index (χ0) is 27.5. The Hall–Kier alpha value is -2.27. The van der Waals surface area contributed by atoms with E-state index in [9.17, 15) is 18.0 Å². The van der Waals surface area contributed by atoms with Gasteiger partial charge in [-0.05, 0) is 66.8 Å². The Bertz CT molecular complexity index is 1370. The Morgan fingerprint density at radius 2 is 1.89 bits per heavy atom. The van der Waals surface area contributed by atoms with Gasteiger partial charge in [-0.25, -0.2) is 13.2 Å². The van der Waals surface area contributed by atoms with Crippen molar-refractivity contribution in [3.8, 4) is 0 Å². The molecular weight excluding hydrogens is 522 g/mol. The van der Waals surface area contributed by atoms with Crippen molar-refractivity contribution >= 4 is 38.2 Å². The van der Waals surface area contributed by atoms with E-state index < -0.39 is 16.0 Å². The van der Waals surface area contributed by atoms with Crippen LogP contribution in [-0.2, 0) is 27.7 Å². The predicted octanol–water partition coefficient (Wildman–Crippen LogP) is 3.34. The fourth-order valence-corrected chi connectivity index (χ4v) is 10.1. The van der Waals surface area contributed by atoms with Gasteiger partial charge in [0.2, 0.25) is 10.0 Å². The summed E-state index contributed by atoms with van der Waals surface area (Å²) < 4.78 is 33.9. The molecule has 1 saturated heterocycles. The monoisotopic (exact) mass is 560 g/mol. The molecule has 3 atom stereocenters. The van der Waals surface area contributed by atoms with Crippen LogP contribution >= 0.6 is 11.3 Å². The summed E-state index contributed by atoms with van der Waals surface area (Å²) >= 11 is 1.42. The first-order valence-electron chi connectivity index (χ1n) is 13.4. The molecule has 0 spiro atoms. The third-order valence-electron chi connectivity index (χ3n) is 8.44. The van der Waals surface area contributed by atoms with Gasteiger partial charge in [0.1, 0.15) is 11.5 Å². The molecule has 206 valence electrons. The number of carbonyl (C=O) groups excluding carboxylic acids is 2. The number of amides is 1. The Labute approximate surface area is 229 Å². The number of methoxy groups -OCH3 is 1. The Kier molecular flexibility index (Phi) is 6.99. The zero-order valence-corrected chi connectivity index (χ0v) is 24.5. The normalized spacial score (nSPS) is 26.6. The van der Waals surface area contributed by atoms with E-state index >= 15 is 0 Å². The van der Waals surface area contributed by atoms with Crippen molar-refractivity contribution in [2.24, 2.45) is 10.8 Å². The number of esters is 1. The molecule has 3 aliphatic rings. The number of hydrogen-bond donors (Lipinski definition) is 2. The summed E-state index contributed by atoms with van der Waals surface area (Å²) in [5.74, 6) is -0.837. The van der Waals surface area contributed by atoms with Gasteiger partial charge in [-0.15, -0.1) is 11.3 Å². The summed E-state index contributed by atoms with van der Waals surface area (Å²) in [6, 6.07) is 6.13. The molecule has 2 unspecified atom stereocenters.